The van der Waals surface area contributed by atoms with E-state index in [9.17, 15) is 0 Å². The van der Waals surface area contributed by atoms with Gasteiger partial charge in [-0.15, -0.1) is 0 Å². The summed E-state index contributed by atoms with van der Waals surface area (Å²) in [6.07, 6.45) is 0. The molecule has 6 aromatic rings. The normalized spacial score (nSPS) is 10.4. The lowest BCUT2D eigenvalue weighted by Gasteiger charge is -2.13. The lowest BCUT2D eigenvalue weighted by atomic mass is 10.4. The Kier molecular flexibility index (Phi) is 11.6. The van der Waals surface area contributed by atoms with E-state index in [4.69, 9.17) is 0 Å². The van der Waals surface area contributed by atoms with E-state index in [0.29, 0.717) is 0 Å². The predicted molar refractivity (Wildman–Crippen MR) is 207 cm³/mol. The second-order valence-electron chi connectivity index (χ2n) is 10.0. The molecule has 6 rings (SSSR count). The molecule has 0 saturated carbocycles. The predicted octanol–water partition coefficient (Wildman–Crippen LogP) is 8.62. The standard InChI is InChI=1S/C42H30P4/c1-7-19-37(20-8-1)44(38-21-9-2-10-22-38)34-31-43(32-35-45(39-23-11-3-12-24-39)40-25-13-4-14-26-40)33-36-46(41-27-15-5-16-28-41)42-29-17-6-18-30-42/h1-30H. The zero-order chi connectivity index (χ0) is 31.2. The molecule has 0 aliphatic rings. The highest BCUT2D eigenvalue weighted by Crippen LogP contribution is 2.41. The van der Waals surface area contributed by atoms with Crippen LogP contribution in [-0.2, 0) is 0 Å². The summed E-state index contributed by atoms with van der Waals surface area (Å²) >= 11 is 0. The van der Waals surface area contributed by atoms with Gasteiger partial charge in [0.15, 0.2) is 0 Å². The van der Waals surface area contributed by atoms with Gasteiger partial charge in [0.05, 0.1) is 0 Å². The van der Waals surface area contributed by atoms with Crippen LogP contribution in [0.4, 0.5) is 0 Å². The fraction of sp³-hybridized carbons (Fsp3) is 0. The molecule has 0 spiro atoms. The third-order valence-corrected chi connectivity index (χ3v) is 14.3. The van der Waals surface area contributed by atoms with E-state index in [1.807, 2.05) is 0 Å². The van der Waals surface area contributed by atoms with E-state index in [1.54, 1.807) is 0 Å². The molecule has 6 aromatic carbocycles. The molecule has 218 valence electrons. The summed E-state index contributed by atoms with van der Waals surface area (Å²) in [6, 6.07) is 63.7. The van der Waals surface area contributed by atoms with Crippen LogP contribution in [0.5, 0.6) is 0 Å². The van der Waals surface area contributed by atoms with Crippen LogP contribution in [0.25, 0.3) is 0 Å². The van der Waals surface area contributed by atoms with Crippen molar-refractivity contribution in [3.63, 3.8) is 0 Å². The Labute approximate surface area is 278 Å². The summed E-state index contributed by atoms with van der Waals surface area (Å²) in [5, 5.41) is 7.41. The van der Waals surface area contributed by atoms with Gasteiger partial charge >= 0.3 is 0 Å². The average Bonchev–Trinajstić information content (AvgIpc) is 3.14. The SMILES string of the molecule is C(#CP(c1ccccc1)c1ccccc1)P(C#CP(c1ccccc1)c1ccccc1)C#CP(c1ccccc1)c1ccccc1. The summed E-state index contributed by atoms with van der Waals surface area (Å²) < 4.78 is 0. The highest BCUT2D eigenvalue weighted by Gasteiger charge is 2.14. The molecular weight excluding hydrogens is 628 g/mol. The monoisotopic (exact) mass is 658 g/mol. The van der Waals surface area contributed by atoms with E-state index < -0.39 is 31.7 Å². The van der Waals surface area contributed by atoms with Gasteiger partial charge < -0.3 is 0 Å². The molecule has 4 heteroatoms. The third-order valence-electron chi connectivity index (χ3n) is 6.91. The molecule has 0 radical (unpaired) electrons. The Morgan fingerprint density at radius 1 is 0.217 bits per heavy atom. The maximum absolute atomic E-state index is 3.71. The first kappa shape index (κ1) is 31.7. The molecule has 0 amide bonds. The average molecular weight is 659 g/mol. The van der Waals surface area contributed by atoms with Crippen LogP contribution in [0.2, 0.25) is 0 Å². The molecule has 0 N–H and O–H groups in total. The highest BCUT2D eigenvalue weighted by atomic mass is 31.1. The zero-order valence-corrected chi connectivity index (χ0v) is 28.7. The maximum atomic E-state index is 3.71. The molecular formula is C42H30P4. The van der Waals surface area contributed by atoms with Crippen LogP contribution in [0.15, 0.2) is 182 Å². The summed E-state index contributed by atoms with van der Waals surface area (Å²) in [7, 11) is -3.88. The first-order chi connectivity index (χ1) is 22.8. The molecule has 46 heavy (non-hydrogen) atoms. The number of hydrogen-bond donors (Lipinski definition) is 0. The van der Waals surface area contributed by atoms with Crippen molar-refractivity contribution in [3.05, 3.63) is 182 Å². The van der Waals surface area contributed by atoms with Gasteiger partial charge in [0.25, 0.3) is 0 Å². The summed E-state index contributed by atoms with van der Waals surface area (Å²) in [4.78, 5) is 0. The topological polar surface area (TPSA) is 0 Å². The summed E-state index contributed by atoms with van der Waals surface area (Å²) in [5.74, 6) is 0. The highest BCUT2D eigenvalue weighted by molar-refractivity contribution is 7.82. The van der Waals surface area contributed by atoms with Gasteiger partial charge in [0.1, 0.15) is 7.92 Å². The molecule has 0 saturated heterocycles. The first-order valence-corrected chi connectivity index (χ1v) is 20.3. The quantitative estimate of drug-likeness (QED) is 0.124. The number of benzene rings is 6. The van der Waals surface area contributed by atoms with Gasteiger partial charge in [-0.1, -0.05) is 199 Å². The van der Waals surface area contributed by atoms with Crippen molar-refractivity contribution in [2.24, 2.45) is 0 Å². The van der Waals surface area contributed by atoms with Gasteiger partial charge in [-0.25, -0.2) is 0 Å². The van der Waals surface area contributed by atoms with E-state index >= 15 is 0 Å². The van der Waals surface area contributed by atoms with E-state index in [-0.39, 0.29) is 0 Å². The van der Waals surface area contributed by atoms with Crippen LogP contribution < -0.4 is 31.8 Å². The van der Waals surface area contributed by atoms with Gasteiger partial charge in [0.2, 0.25) is 0 Å². The Hall–Kier alpha value is -4.28. The summed E-state index contributed by atoms with van der Waals surface area (Å²) in [5.41, 5.74) is 22.1. The Morgan fingerprint density at radius 2 is 0.391 bits per heavy atom. The van der Waals surface area contributed by atoms with Crippen molar-refractivity contribution in [2.75, 3.05) is 0 Å². The number of hydrogen-bond acceptors (Lipinski definition) is 0. The molecule has 0 atom stereocenters. The molecule has 0 heterocycles. The third kappa shape index (κ3) is 8.70. The molecule has 0 aliphatic heterocycles. The molecule has 0 aromatic heterocycles. The Bertz CT molecular complexity index is 1640. The fourth-order valence-corrected chi connectivity index (χ4v) is 11.7. The van der Waals surface area contributed by atoms with E-state index in [1.165, 1.54) is 31.8 Å². The zero-order valence-electron chi connectivity index (χ0n) is 25.1. The largest absolute Gasteiger partial charge is 0.128 e. The fourth-order valence-electron chi connectivity index (χ4n) is 4.68. The second-order valence-corrected chi connectivity index (χ2v) is 17.1. The van der Waals surface area contributed by atoms with Crippen LogP contribution in [0, 0.1) is 34.0 Å². The van der Waals surface area contributed by atoms with Gasteiger partial charge in [-0.2, -0.15) is 0 Å². The van der Waals surface area contributed by atoms with Gasteiger partial charge in [-0.3, -0.25) is 0 Å². The minimum atomic E-state index is -1.24. The lowest BCUT2D eigenvalue weighted by Crippen LogP contribution is -2.10. The van der Waals surface area contributed by atoms with E-state index in [2.05, 4.69) is 216 Å². The van der Waals surface area contributed by atoms with Gasteiger partial charge in [-0.05, 0) is 48.8 Å². The maximum Gasteiger partial charge on any atom is 0.128 e. The minimum Gasteiger partial charge on any atom is -0.0622 e. The second kappa shape index (κ2) is 16.9. The van der Waals surface area contributed by atoms with E-state index in [0.717, 1.165) is 0 Å². The van der Waals surface area contributed by atoms with Crippen molar-refractivity contribution in [1.29, 1.82) is 0 Å². The van der Waals surface area contributed by atoms with Crippen molar-refractivity contribution in [3.8, 4) is 34.0 Å². The molecule has 0 unspecified atom stereocenters. The first-order valence-electron chi connectivity index (χ1n) is 14.9. The van der Waals surface area contributed by atoms with Crippen LogP contribution >= 0.6 is 31.7 Å². The van der Waals surface area contributed by atoms with Crippen molar-refractivity contribution in [1.82, 2.24) is 0 Å². The van der Waals surface area contributed by atoms with Crippen LogP contribution in [0.1, 0.15) is 0 Å². The Balaban J connectivity index is 1.46. The Morgan fingerprint density at radius 3 is 0.565 bits per heavy atom. The minimum absolute atomic E-state index is 0.881. The smallest absolute Gasteiger partial charge is 0.0622 e. The van der Waals surface area contributed by atoms with Crippen LogP contribution in [-0.4, -0.2) is 0 Å². The molecule has 0 fully saturated rings. The number of rotatable bonds is 6. The van der Waals surface area contributed by atoms with Crippen molar-refractivity contribution >= 4 is 63.5 Å². The van der Waals surface area contributed by atoms with Gasteiger partial charge in [0, 0.05) is 23.8 Å². The molecule has 0 aliphatic carbocycles. The van der Waals surface area contributed by atoms with Crippen LogP contribution in [0.3, 0.4) is 0 Å². The molecule has 0 nitrogen and oxygen atoms in total. The molecule has 0 bridgehead atoms. The lowest BCUT2D eigenvalue weighted by molar-refractivity contribution is 1.76. The van der Waals surface area contributed by atoms with Crippen molar-refractivity contribution < 1.29 is 0 Å². The van der Waals surface area contributed by atoms with Crippen molar-refractivity contribution in [2.45, 2.75) is 0 Å². The summed E-state index contributed by atoms with van der Waals surface area (Å²) in [6.45, 7) is 0.